The summed E-state index contributed by atoms with van der Waals surface area (Å²) in [5.74, 6) is -0.0198. The normalized spacial score (nSPS) is 18.8. The smallest absolute Gasteiger partial charge is 0.397 e. The van der Waals surface area contributed by atoms with E-state index in [2.05, 4.69) is 31.9 Å². The quantitative estimate of drug-likeness (QED) is 0.413. The van der Waals surface area contributed by atoms with Crippen LogP contribution in [0.4, 0.5) is 0 Å². The van der Waals surface area contributed by atoms with Crippen molar-refractivity contribution in [2.45, 2.75) is 46.0 Å². The predicted octanol–water partition coefficient (Wildman–Crippen LogP) is 4.14. The maximum absolute atomic E-state index is 13.0. The first-order valence-electron chi connectivity index (χ1n) is 11.6. The summed E-state index contributed by atoms with van der Waals surface area (Å²) in [5, 5.41) is 9.89. The number of rotatable bonds is 5. The number of ether oxygens (including phenoxy) is 1. The molecule has 0 unspecified atom stereocenters. The van der Waals surface area contributed by atoms with Crippen LogP contribution in [-0.2, 0) is 25.5 Å². The molecule has 1 aromatic carbocycles. The van der Waals surface area contributed by atoms with Crippen molar-refractivity contribution in [3.05, 3.63) is 26.6 Å². The molecule has 0 radical (unpaired) electrons. The van der Waals surface area contributed by atoms with Crippen LogP contribution in [0, 0.1) is 17.8 Å². The molecule has 0 spiro atoms. The Morgan fingerprint density at radius 1 is 1.00 bits per heavy atom. The molecule has 33 heavy (non-hydrogen) atoms. The maximum Gasteiger partial charge on any atom is 0.397 e. The second kappa shape index (κ2) is 11.7. The van der Waals surface area contributed by atoms with E-state index in [-0.39, 0.29) is 24.2 Å². The topological polar surface area (TPSA) is 87.2 Å². The van der Waals surface area contributed by atoms with Crippen LogP contribution < -0.4 is 0 Å². The number of hydrogen-bond acceptors (Lipinski definition) is 5. The van der Waals surface area contributed by atoms with E-state index in [1.165, 1.54) is 0 Å². The van der Waals surface area contributed by atoms with Gasteiger partial charge in [-0.3, -0.25) is 9.59 Å². The van der Waals surface area contributed by atoms with Crippen LogP contribution in [0.1, 0.15) is 45.1 Å². The maximum atomic E-state index is 13.0. The first kappa shape index (κ1) is 26.0. The Morgan fingerprint density at radius 3 is 1.97 bits per heavy atom. The first-order valence-corrected chi connectivity index (χ1v) is 13.2. The number of benzene rings is 1. The largest absolute Gasteiger partial charge is 0.506 e. The highest BCUT2D eigenvalue weighted by atomic mass is 79.9. The molecule has 1 atom stereocenters. The summed E-state index contributed by atoms with van der Waals surface area (Å²) in [5.41, 5.74) is 0.992. The highest BCUT2D eigenvalue weighted by Crippen LogP contribution is 2.35. The van der Waals surface area contributed by atoms with E-state index in [0.29, 0.717) is 40.3 Å². The molecule has 182 valence electrons. The number of nitrogens with zero attached hydrogens (tertiary/aromatic N) is 2. The Morgan fingerprint density at radius 2 is 1.48 bits per heavy atom. The van der Waals surface area contributed by atoms with Gasteiger partial charge >= 0.3 is 11.9 Å². The number of halogens is 2. The fourth-order valence-electron chi connectivity index (χ4n) is 4.98. The summed E-state index contributed by atoms with van der Waals surface area (Å²) in [4.78, 5) is 40.4. The van der Waals surface area contributed by atoms with Crippen molar-refractivity contribution in [2.24, 2.45) is 17.8 Å². The number of carbonyl (C=O) groups excluding carboxylic acids is 3. The number of phenols is 1. The van der Waals surface area contributed by atoms with Crippen molar-refractivity contribution in [2.75, 3.05) is 32.8 Å². The minimum absolute atomic E-state index is 0.137. The lowest BCUT2D eigenvalue weighted by atomic mass is 9.78. The molecule has 2 aliphatic heterocycles. The molecule has 2 fully saturated rings. The lowest BCUT2D eigenvalue weighted by Gasteiger charge is -2.40. The van der Waals surface area contributed by atoms with Gasteiger partial charge in [-0.1, -0.05) is 6.92 Å². The minimum atomic E-state index is -0.760. The molecule has 3 rings (SSSR count). The second-order valence-electron chi connectivity index (χ2n) is 9.03. The van der Waals surface area contributed by atoms with E-state index in [1.54, 1.807) is 11.8 Å². The molecule has 9 heteroatoms. The van der Waals surface area contributed by atoms with Gasteiger partial charge in [0, 0.05) is 32.1 Å². The number of phenolic OH excluding ortho intramolecular Hbond substituents is 1. The number of carbonyl (C=O) groups is 3. The Hall–Kier alpha value is -1.61. The average molecular weight is 588 g/mol. The zero-order chi connectivity index (χ0) is 24.1. The third-order valence-electron chi connectivity index (χ3n) is 6.83. The van der Waals surface area contributed by atoms with Gasteiger partial charge in [0.25, 0.3) is 0 Å². The van der Waals surface area contributed by atoms with Gasteiger partial charge in [0.15, 0.2) is 0 Å². The molecule has 1 aromatic rings. The fraction of sp³-hybridized carbons (Fsp3) is 0.625. The molecule has 0 saturated carbocycles. The van der Waals surface area contributed by atoms with Crippen LogP contribution in [0.3, 0.4) is 0 Å². The Bertz CT molecular complexity index is 855. The van der Waals surface area contributed by atoms with E-state index in [1.807, 2.05) is 24.0 Å². The molecule has 0 aromatic heterocycles. The Kier molecular flexibility index (Phi) is 9.21. The number of hydrogen-bond donors (Lipinski definition) is 1. The van der Waals surface area contributed by atoms with E-state index >= 15 is 0 Å². The molecule has 7 nitrogen and oxygen atoms in total. The van der Waals surface area contributed by atoms with Crippen LogP contribution >= 0.6 is 31.9 Å². The molecule has 2 amide bonds. The van der Waals surface area contributed by atoms with Gasteiger partial charge in [0.05, 0.1) is 15.6 Å². The van der Waals surface area contributed by atoms with Gasteiger partial charge in [-0.05, 0) is 100 Å². The standard InChI is InChI=1S/C24H32Br2N2O5/c1-3-33-24(32)23(31)28-10-6-18(7-11-28)17-4-8-27(9-5-17)22(30)15(2)12-16-13-19(25)21(29)20(26)14-16/h13-15,17-18,29H,3-12H2,1-2H3/t15-/m1/s1. The van der Waals surface area contributed by atoms with Crippen molar-refractivity contribution in [3.8, 4) is 5.75 Å². The van der Waals surface area contributed by atoms with Crippen molar-refractivity contribution in [1.29, 1.82) is 0 Å². The molecule has 2 saturated heterocycles. The third kappa shape index (κ3) is 6.50. The predicted molar refractivity (Wildman–Crippen MR) is 132 cm³/mol. The summed E-state index contributed by atoms with van der Waals surface area (Å²) in [6.45, 7) is 6.57. The monoisotopic (exact) mass is 586 g/mol. The van der Waals surface area contributed by atoms with E-state index in [0.717, 1.165) is 44.3 Å². The zero-order valence-corrected chi connectivity index (χ0v) is 22.4. The van der Waals surface area contributed by atoms with E-state index in [9.17, 15) is 19.5 Å². The minimum Gasteiger partial charge on any atom is -0.506 e. The number of amides is 2. The zero-order valence-electron chi connectivity index (χ0n) is 19.2. The van der Waals surface area contributed by atoms with Crippen molar-refractivity contribution in [3.63, 3.8) is 0 Å². The van der Waals surface area contributed by atoms with Gasteiger partial charge in [-0.25, -0.2) is 4.79 Å². The number of piperidine rings is 2. The molecule has 0 aliphatic carbocycles. The lowest BCUT2D eigenvalue weighted by molar-refractivity contribution is -0.160. The van der Waals surface area contributed by atoms with Gasteiger partial charge < -0.3 is 19.6 Å². The Balaban J connectivity index is 1.45. The van der Waals surface area contributed by atoms with Crippen molar-refractivity contribution in [1.82, 2.24) is 9.80 Å². The van der Waals surface area contributed by atoms with Gasteiger partial charge in [0.1, 0.15) is 5.75 Å². The molecular formula is C24H32Br2N2O5. The highest BCUT2D eigenvalue weighted by Gasteiger charge is 2.34. The number of likely N-dealkylation sites (tertiary alicyclic amines) is 2. The lowest BCUT2D eigenvalue weighted by Crippen LogP contribution is -2.46. The van der Waals surface area contributed by atoms with Gasteiger partial charge in [-0.15, -0.1) is 0 Å². The molecule has 2 aliphatic rings. The van der Waals surface area contributed by atoms with Crippen molar-refractivity contribution < 1.29 is 24.2 Å². The molecule has 0 bridgehead atoms. The van der Waals surface area contributed by atoms with Crippen LogP contribution in [0.25, 0.3) is 0 Å². The second-order valence-corrected chi connectivity index (χ2v) is 10.7. The summed E-state index contributed by atoms with van der Waals surface area (Å²) < 4.78 is 6.05. The summed E-state index contributed by atoms with van der Waals surface area (Å²) in [6, 6.07) is 3.71. The van der Waals surface area contributed by atoms with Crippen LogP contribution in [0.15, 0.2) is 21.1 Å². The fourth-order valence-corrected chi connectivity index (χ4v) is 6.26. The molecule has 1 N–H and O–H groups in total. The first-order chi connectivity index (χ1) is 15.7. The molecule has 2 heterocycles. The SMILES string of the molecule is CCOC(=O)C(=O)N1CCC(C2CCN(C(=O)[C@H](C)Cc3cc(Br)c(O)c(Br)c3)CC2)CC1. The van der Waals surface area contributed by atoms with Crippen LogP contribution in [0.2, 0.25) is 0 Å². The summed E-state index contributed by atoms with van der Waals surface area (Å²) in [7, 11) is 0. The summed E-state index contributed by atoms with van der Waals surface area (Å²) in [6.07, 6.45) is 4.36. The molecular weight excluding hydrogens is 556 g/mol. The highest BCUT2D eigenvalue weighted by molar-refractivity contribution is 9.11. The average Bonchev–Trinajstić information content (AvgIpc) is 2.82. The van der Waals surface area contributed by atoms with E-state index in [4.69, 9.17) is 4.74 Å². The van der Waals surface area contributed by atoms with Gasteiger partial charge in [-0.2, -0.15) is 0 Å². The van der Waals surface area contributed by atoms with E-state index < -0.39 is 11.9 Å². The number of esters is 1. The van der Waals surface area contributed by atoms with Gasteiger partial charge in [0.2, 0.25) is 5.91 Å². The number of aromatic hydroxyl groups is 1. The summed E-state index contributed by atoms with van der Waals surface area (Å²) >= 11 is 6.70. The van der Waals surface area contributed by atoms with Crippen molar-refractivity contribution >= 4 is 49.6 Å². The third-order valence-corrected chi connectivity index (χ3v) is 8.04. The van der Waals surface area contributed by atoms with Crippen LogP contribution in [-0.4, -0.2) is 65.5 Å². The Labute approximate surface area is 212 Å². The van der Waals surface area contributed by atoms with Crippen LogP contribution in [0.5, 0.6) is 5.75 Å².